The van der Waals surface area contributed by atoms with E-state index in [9.17, 15) is 22.0 Å². The highest BCUT2D eigenvalue weighted by Gasteiger charge is 2.72. The molecule has 100 valence electrons. The van der Waals surface area contributed by atoms with Crippen molar-refractivity contribution in [2.24, 2.45) is 5.73 Å². The van der Waals surface area contributed by atoms with E-state index in [0.29, 0.717) is 0 Å². The van der Waals surface area contributed by atoms with E-state index < -0.39 is 41.6 Å². The number of rotatable bonds is 2. The fourth-order valence-electron chi connectivity index (χ4n) is 2.18. The Kier molecular flexibility index (Phi) is 2.86. The first kappa shape index (κ1) is 13.5. The summed E-state index contributed by atoms with van der Waals surface area (Å²) >= 11 is 5.68. The lowest BCUT2D eigenvalue weighted by molar-refractivity contribution is -0.138. The molecule has 1 atom stereocenters. The number of benzene rings is 1. The van der Waals surface area contributed by atoms with Crippen LogP contribution in [0.25, 0.3) is 0 Å². The zero-order chi connectivity index (χ0) is 13.8. The first-order chi connectivity index (χ1) is 8.16. The van der Waals surface area contributed by atoms with Crippen LogP contribution in [-0.2, 0) is 11.6 Å². The molecule has 1 aliphatic rings. The molecule has 0 saturated heterocycles. The lowest BCUT2D eigenvalue weighted by Gasteiger charge is -2.21. The molecule has 1 saturated carbocycles. The van der Waals surface area contributed by atoms with E-state index in [0.717, 1.165) is 18.2 Å². The molecule has 2 rings (SSSR count). The third kappa shape index (κ3) is 1.78. The van der Waals surface area contributed by atoms with Crippen molar-refractivity contribution in [3.63, 3.8) is 0 Å². The Bertz CT molecular complexity index is 485. The molecule has 0 aliphatic heterocycles. The zero-order valence-electron chi connectivity index (χ0n) is 8.99. The van der Waals surface area contributed by atoms with Crippen molar-refractivity contribution in [3.05, 3.63) is 34.3 Å². The van der Waals surface area contributed by atoms with Gasteiger partial charge in [-0.1, -0.05) is 17.7 Å². The van der Waals surface area contributed by atoms with Crippen LogP contribution in [0.1, 0.15) is 17.5 Å². The number of halogens is 6. The molecule has 0 aromatic heterocycles. The van der Waals surface area contributed by atoms with Crippen LogP contribution in [0, 0.1) is 0 Å². The molecule has 1 aromatic carbocycles. The van der Waals surface area contributed by atoms with Crippen LogP contribution in [0.5, 0.6) is 0 Å². The van der Waals surface area contributed by atoms with Crippen molar-refractivity contribution >= 4 is 11.6 Å². The zero-order valence-corrected chi connectivity index (χ0v) is 9.75. The lowest BCUT2D eigenvalue weighted by Crippen LogP contribution is -2.30. The Balaban J connectivity index is 2.65. The van der Waals surface area contributed by atoms with Gasteiger partial charge in [-0.05, 0) is 17.7 Å². The van der Waals surface area contributed by atoms with E-state index >= 15 is 0 Å². The van der Waals surface area contributed by atoms with Crippen molar-refractivity contribution in [1.82, 2.24) is 0 Å². The molecule has 0 bridgehead atoms. The van der Waals surface area contributed by atoms with E-state index in [-0.39, 0.29) is 5.02 Å². The standard InChI is InChI=1S/C11H9ClF5N/c12-7-3-1-2-6(11(15,16)17)8(7)9(5-18)4-10(9,13)14/h1-3H,4-5,18H2. The third-order valence-electron chi connectivity index (χ3n) is 3.24. The van der Waals surface area contributed by atoms with Crippen molar-refractivity contribution < 1.29 is 22.0 Å². The van der Waals surface area contributed by atoms with Crippen molar-refractivity contribution in [2.75, 3.05) is 6.54 Å². The molecule has 1 unspecified atom stereocenters. The van der Waals surface area contributed by atoms with Gasteiger partial charge in [-0.2, -0.15) is 13.2 Å². The van der Waals surface area contributed by atoms with Gasteiger partial charge in [0, 0.05) is 18.0 Å². The Morgan fingerprint density at radius 2 is 1.83 bits per heavy atom. The van der Waals surface area contributed by atoms with Crippen molar-refractivity contribution in [2.45, 2.75) is 23.9 Å². The molecular weight excluding hydrogens is 277 g/mol. The van der Waals surface area contributed by atoms with Gasteiger partial charge in [-0.15, -0.1) is 0 Å². The van der Waals surface area contributed by atoms with Crippen LogP contribution in [0.2, 0.25) is 5.02 Å². The first-order valence-corrected chi connectivity index (χ1v) is 5.47. The van der Waals surface area contributed by atoms with Crippen LogP contribution in [0.3, 0.4) is 0 Å². The van der Waals surface area contributed by atoms with Gasteiger partial charge in [0.15, 0.2) is 0 Å². The maximum absolute atomic E-state index is 13.4. The average Bonchev–Trinajstić information content (AvgIpc) is 2.80. The summed E-state index contributed by atoms with van der Waals surface area (Å²) in [7, 11) is 0. The van der Waals surface area contributed by atoms with Gasteiger partial charge in [0.25, 0.3) is 5.92 Å². The van der Waals surface area contributed by atoms with Gasteiger partial charge in [0.1, 0.15) is 0 Å². The van der Waals surface area contributed by atoms with Gasteiger partial charge in [-0.25, -0.2) is 8.78 Å². The van der Waals surface area contributed by atoms with Gasteiger partial charge in [-0.3, -0.25) is 0 Å². The molecule has 7 heteroatoms. The van der Waals surface area contributed by atoms with Gasteiger partial charge in [0.2, 0.25) is 0 Å². The average molecular weight is 286 g/mol. The van der Waals surface area contributed by atoms with E-state index in [1.165, 1.54) is 0 Å². The van der Waals surface area contributed by atoms with E-state index in [1.807, 2.05) is 0 Å². The van der Waals surface area contributed by atoms with Crippen LogP contribution < -0.4 is 5.73 Å². The molecule has 1 aliphatic carbocycles. The minimum absolute atomic E-state index is 0.326. The van der Waals surface area contributed by atoms with Crippen LogP contribution in [0.4, 0.5) is 22.0 Å². The maximum atomic E-state index is 13.4. The summed E-state index contributed by atoms with van der Waals surface area (Å²) in [4.78, 5) is 0. The lowest BCUT2D eigenvalue weighted by atomic mass is 9.90. The normalized spacial score (nSPS) is 26.2. The van der Waals surface area contributed by atoms with Crippen LogP contribution in [0.15, 0.2) is 18.2 Å². The SMILES string of the molecule is NCC1(c2c(Cl)cccc2C(F)(F)F)CC1(F)F. The van der Waals surface area contributed by atoms with Crippen LogP contribution in [-0.4, -0.2) is 12.5 Å². The highest BCUT2D eigenvalue weighted by molar-refractivity contribution is 6.31. The minimum Gasteiger partial charge on any atom is -0.329 e. The molecular formula is C11H9ClF5N. The van der Waals surface area contributed by atoms with Crippen molar-refractivity contribution in [1.29, 1.82) is 0 Å². The number of nitrogens with two attached hydrogens (primary N) is 1. The fraction of sp³-hybridized carbons (Fsp3) is 0.455. The highest BCUT2D eigenvalue weighted by Crippen LogP contribution is 2.63. The summed E-state index contributed by atoms with van der Waals surface area (Å²) in [6.07, 6.45) is -5.44. The Morgan fingerprint density at radius 1 is 1.28 bits per heavy atom. The fourth-order valence-corrected chi connectivity index (χ4v) is 2.53. The Labute approximate surface area is 105 Å². The molecule has 0 heterocycles. The van der Waals surface area contributed by atoms with Gasteiger partial charge >= 0.3 is 6.18 Å². The Morgan fingerprint density at radius 3 is 2.22 bits per heavy atom. The number of alkyl halides is 5. The molecule has 2 N–H and O–H groups in total. The summed E-state index contributed by atoms with van der Waals surface area (Å²) in [5.74, 6) is -3.24. The second-order valence-electron chi connectivity index (χ2n) is 4.33. The predicted molar refractivity (Wildman–Crippen MR) is 56.8 cm³/mol. The summed E-state index contributed by atoms with van der Waals surface area (Å²) in [5, 5.41) is -0.326. The summed E-state index contributed by atoms with van der Waals surface area (Å²) in [6, 6.07) is 2.99. The molecule has 18 heavy (non-hydrogen) atoms. The quantitative estimate of drug-likeness (QED) is 0.826. The molecule has 0 amide bonds. The highest BCUT2D eigenvalue weighted by atomic mass is 35.5. The molecule has 1 fully saturated rings. The summed E-state index contributed by atoms with van der Waals surface area (Å²) < 4.78 is 65.3. The van der Waals surface area contributed by atoms with Crippen molar-refractivity contribution in [3.8, 4) is 0 Å². The number of hydrogen-bond acceptors (Lipinski definition) is 1. The van der Waals surface area contributed by atoms with Gasteiger partial charge in [0.05, 0.1) is 11.0 Å². The number of hydrogen-bond donors (Lipinski definition) is 1. The van der Waals surface area contributed by atoms with E-state index in [4.69, 9.17) is 17.3 Å². The molecule has 1 aromatic rings. The molecule has 1 nitrogen and oxygen atoms in total. The summed E-state index contributed by atoms with van der Waals surface area (Å²) in [6.45, 7) is -0.577. The topological polar surface area (TPSA) is 26.0 Å². The smallest absolute Gasteiger partial charge is 0.329 e. The van der Waals surface area contributed by atoms with E-state index in [2.05, 4.69) is 0 Å². The molecule has 0 radical (unpaired) electrons. The summed E-state index contributed by atoms with van der Waals surface area (Å²) in [5.41, 5.74) is 1.53. The van der Waals surface area contributed by atoms with Crippen LogP contribution >= 0.6 is 11.6 Å². The Hall–Kier alpha value is -0.880. The third-order valence-corrected chi connectivity index (χ3v) is 3.56. The van der Waals surface area contributed by atoms with Gasteiger partial charge < -0.3 is 5.73 Å². The second kappa shape index (κ2) is 3.81. The maximum Gasteiger partial charge on any atom is 0.416 e. The largest absolute Gasteiger partial charge is 0.416 e. The minimum atomic E-state index is -4.74. The predicted octanol–water partition coefficient (Wildman–Crippen LogP) is 3.59. The van der Waals surface area contributed by atoms with E-state index in [1.54, 1.807) is 0 Å². The first-order valence-electron chi connectivity index (χ1n) is 5.10. The molecule has 0 spiro atoms. The second-order valence-corrected chi connectivity index (χ2v) is 4.73. The monoisotopic (exact) mass is 285 g/mol.